The fourth-order valence-electron chi connectivity index (χ4n) is 2.38. The fourth-order valence-corrected chi connectivity index (χ4v) is 2.38. The van der Waals surface area contributed by atoms with Gasteiger partial charge in [-0.2, -0.15) is 0 Å². The van der Waals surface area contributed by atoms with Crippen molar-refractivity contribution in [3.63, 3.8) is 0 Å². The summed E-state index contributed by atoms with van der Waals surface area (Å²) in [7, 11) is 0. The summed E-state index contributed by atoms with van der Waals surface area (Å²) in [6, 6.07) is 18.7. The maximum Gasteiger partial charge on any atom is 0.167 e. The SMILES string of the molecule is CC1=NC(c2ccccc2)N(c2ccccc2C)N1. The fraction of sp³-hybridized carbons (Fsp3) is 0.188. The largest absolute Gasteiger partial charge is 0.283 e. The Bertz CT molecular complexity index is 604. The lowest BCUT2D eigenvalue weighted by Gasteiger charge is -2.27. The van der Waals surface area contributed by atoms with Crippen LogP contribution in [0.4, 0.5) is 5.69 Å². The minimum absolute atomic E-state index is 0.00213. The van der Waals surface area contributed by atoms with E-state index in [9.17, 15) is 0 Å². The molecule has 0 aromatic heterocycles. The minimum Gasteiger partial charge on any atom is -0.283 e. The van der Waals surface area contributed by atoms with Crippen LogP contribution >= 0.6 is 0 Å². The highest BCUT2D eigenvalue weighted by atomic mass is 15.6. The van der Waals surface area contributed by atoms with Gasteiger partial charge in [0.2, 0.25) is 0 Å². The van der Waals surface area contributed by atoms with Crippen molar-refractivity contribution in [3.05, 3.63) is 65.7 Å². The van der Waals surface area contributed by atoms with Gasteiger partial charge in [-0.15, -0.1) is 0 Å². The number of aliphatic imine (C=N–C) groups is 1. The van der Waals surface area contributed by atoms with Crippen LogP contribution in [0.2, 0.25) is 0 Å². The van der Waals surface area contributed by atoms with E-state index < -0.39 is 0 Å². The number of rotatable bonds is 2. The molecule has 2 aromatic carbocycles. The first kappa shape index (κ1) is 11.8. The van der Waals surface area contributed by atoms with Crippen LogP contribution in [0.1, 0.15) is 24.2 Å². The molecule has 96 valence electrons. The molecule has 2 aromatic rings. The number of benzene rings is 2. The Balaban J connectivity index is 2.01. The van der Waals surface area contributed by atoms with Crippen LogP contribution in [-0.2, 0) is 0 Å². The highest BCUT2D eigenvalue weighted by molar-refractivity contribution is 5.84. The van der Waals surface area contributed by atoms with Crippen LogP contribution in [0.25, 0.3) is 0 Å². The molecule has 0 saturated carbocycles. The molecular weight excluding hydrogens is 234 g/mol. The topological polar surface area (TPSA) is 27.6 Å². The standard InChI is InChI=1S/C16H17N3/c1-12-8-6-7-11-15(12)19-16(17-13(2)18-19)14-9-4-3-5-10-14/h3-11,16H,1-2H3,(H,17,18). The summed E-state index contributed by atoms with van der Waals surface area (Å²) in [6.45, 7) is 4.11. The molecule has 1 unspecified atom stereocenters. The zero-order valence-electron chi connectivity index (χ0n) is 11.2. The molecule has 0 saturated heterocycles. The molecule has 19 heavy (non-hydrogen) atoms. The number of aryl methyl sites for hydroxylation is 1. The lowest BCUT2D eigenvalue weighted by atomic mass is 10.1. The van der Waals surface area contributed by atoms with E-state index in [2.05, 4.69) is 70.9 Å². The lowest BCUT2D eigenvalue weighted by Crippen LogP contribution is -2.37. The second-order valence-corrected chi connectivity index (χ2v) is 4.77. The molecule has 1 aliphatic heterocycles. The molecule has 1 heterocycles. The Morgan fingerprint density at radius 3 is 2.37 bits per heavy atom. The van der Waals surface area contributed by atoms with Crippen molar-refractivity contribution in [3.8, 4) is 0 Å². The van der Waals surface area contributed by atoms with E-state index >= 15 is 0 Å². The summed E-state index contributed by atoms with van der Waals surface area (Å²) in [5, 5.41) is 2.12. The molecule has 0 amide bonds. The van der Waals surface area contributed by atoms with Gasteiger partial charge in [-0.3, -0.25) is 10.4 Å². The predicted molar refractivity (Wildman–Crippen MR) is 79.1 cm³/mol. The summed E-state index contributed by atoms with van der Waals surface area (Å²) in [4.78, 5) is 4.69. The zero-order valence-corrected chi connectivity index (χ0v) is 11.2. The normalized spacial score (nSPS) is 18.1. The number of para-hydroxylation sites is 1. The van der Waals surface area contributed by atoms with Gasteiger partial charge in [0.15, 0.2) is 6.17 Å². The van der Waals surface area contributed by atoms with Gasteiger partial charge >= 0.3 is 0 Å². The molecule has 0 spiro atoms. The number of hydrogen-bond acceptors (Lipinski definition) is 3. The summed E-state index contributed by atoms with van der Waals surface area (Å²) >= 11 is 0. The van der Waals surface area contributed by atoms with Gasteiger partial charge in [0.25, 0.3) is 0 Å². The van der Waals surface area contributed by atoms with Gasteiger partial charge in [0.1, 0.15) is 5.84 Å². The van der Waals surface area contributed by atoms with Gasteiger partial charge in [0, 0.05) is 0 Å². The molecule has 1 atom stereocenters. The summed E-state index contributed by atoms with van der Waals surface area (Å²) in [5.74, 6) is 0.942. The highest BCUT2D eigenvalue weighted by Crippen LogP contribution is 2.31. The maximum atomic E-state index is 4.69. The van der Waals surface area contributed by atoms with Crippen molar-refractivity contribution in [2.45, 2.75) is 20.0 Å². The van der Waals surface area contributed by atoms with E-state index in [0.29, 0.717) is 0 Å². The Kier molecular flexibility index (Phi) is 2.95. The van der Waals surface area contributed by atoms with Gasteiger partial charge in [-0.05, 0) is 31.0 Å². The molecule has 0 aliphatic carbocycles. The van der Waals surface area contributed by atoms with E-state index in [-0.39, 0.29) is 6.17 Å². The van der Waals surface area contributed by atoms with E-state index in [0.717, 1.165) is 11.5 Å². The maximum absolute atomic E-state index is 4.69. The Morgan fingerprint density at radius 2 is 1.63 bits per heavy atom. The van der Waals surface area contributed by atoms with Crippen molar-refractivity contribution in [2.75, 3.05) is 5.01 Å². The van der Waals surface area contributed by atoms with Crippen LogP contribution in [0.3, 0.4) is 0 Å². The first-order valence-corrected chi connectivity index (χ1v) is 6.46. The van der Waals surface area contributed by atoms with Crippen LogP contribution in [0, 0.1) is 6.92 Å². The lowest BCUT2D eigenvalue weighted by molar-refractivity contribution is 0.671. The number of nitrogens with one attached hydrogen (secondary N) is 1. The predicted octanol–water partition coefficient (Wildman–Crippen LogP) is 3.44. The zero-order chi connectivity index (χ0) is 13.2. The van der Waals surface area contributed by atoms with Crippen LogP contribution in [0.15, 0.2) is 59.6 Å². The van der Waals surface area contributed by atoms with Crippen LogP contribution in [-0.4, -0.2) is 5.84 Å². The summed E-state index contributed by atoms with van der Waals surface area (Å²) in [6.07, 6.45) is 0.00213. The van der Waals surface area contributed by atoms with Crippen molar-refractivity contribution in [1.82, 2.24) is 5.43 Å². The quantitative estimate of drug-likeness (QED) is 0.885. The van der Waals surface area contributed by atoms with E-state index in [4.69, 9.17) is 0 Å². The van der Waals surface area contributed by atoms with E-state index in [1.165, 1.54) is 11.1 Å². The molecule has 3 heteroatoms. The summed E-state index contributed by atoms with van der Waals surface area (Å²) in [5.41, 5.74) is 6.93. The minimum atomic E-state index is 0.00213. The monoisotopic (exact) mass is 251 g/mol. The van der Waals surface area contributed by atoms with Crippen molar-refractivity contribution < 1.29 is 0 Å². The second-order valence-electron chi connectivity index (χ2n) is 4.77. The third-order valence-corrected chi connectivity index (χ3v) is 3.32. The van der Waals surface area contributed by atoms with Crippen molar-refractivity contribution >= 4 is 11.5 Å². The number of anilines is 1. The Hall–Kier alpha value is -2.29. The summed E-state index contributed by atoms with van der Waals surface area (Å²) < 4.78 is 0. The smallest absolute Gasteiger partial charge is 0.167 e. The third-order valence-electron chi connectivity index (χ3n) is 3.32. The molecule has 0 fully saturated rings. The number of nitrogens with zero attached hydrogens (tertiary/aromatic N) is 2. The van der Waals surface area contributed by atoms with Gasteiger partial charge < -0.3 is 0 Å². The first-order valence-electron chi connectivity index (χ1n) is 6.46. The van der Waals surface area contributed by atoms with Crippen molar-refractivity contribution in [2.24, 2.45) is 4.99 Å². The van der Waals surface area contributed by atoms with Crippen LogP contribution < -0.4 is 10.4 Å². The first-order chi connectivity index (χ1) is 9.25. The average molecular weight is 251 g/mol. The van der Waals surface area contributed by atoms with E-state index in [1.807, 2.05) is 13.0 Å². The third kappa shape index (κ3) is 2.19. The van der Waals surface area contributed by atoms with Crippen LogP contribution in [0.5, 0.6) is 0 Å². The van der Waals surface area contributed by atoms with Gasteiger partial charge in [-0.1, -0.05) is 48.5 Å². The van der Waals surface area contributed by atoms with Crippen molar-refractivity contribution in [1.29, 1.82) is 0 Å². The highest BCUT2D eigenvalue weighted by Gasteiger charge is 2.26. The number of hydrazine groups is 1. The molecule has 1 aliphatic rings. The molecule has 0 radical (unpaired) electrons. The van der Waals surface area contributed by atoms with E-state index in [1.54, 1.807) is 0 Å². The second kappa shape index (κ2) is 4.76. The molecule has 0 bridgehead atoms. The molecule has 3 nitrogen and oxygen atoms in total. The molecule has 1 N–H and O–H groups in total. The molecular formula is C16H17N3. The molecule has 3 rings (SSSR count). The number of amidine groups is 1. The Morgan fingerprint density at radius 1 is 0.947 bits per heavy atom. The van der Waals surface area contributed by atoms with Gasteiger partial charge in [0.05, 0.1) is 5.69 Å². The number of hydrogen-bond donors (Lipinski definition) is 1. The average Bonchev–Trinajstić information content (AvgIpc) is 2.82. The van der Waals surface area contributed by atoms with Gasteiger partial charge in [-0.25, -0.2) is 4.99 Å². The Labute approximate surface area is 113 Å².